The first kappa shape index (κ1) is 15.1. The van der Waals surface area contributed by atoms with Crippen LogP contribution in [0, 0.1) is 5.82 Å². The molecule has 6 nitrogen and oxygen atoms in total. The van der Waals surface area contributed by atoms with Gasteiger partial charge in [-0.2, -0.15) is 0 Å². The van der Waals surface area contributed by atoms with Gasteiger partial charge in [-0.3, -0.25) is 4.79 Å². The first-order chi connectivity index (χ1) is 10.0. The largest absolute Gasteiger partial charge is 0.508 e. The Morgan fingerprint density at radius 2 is 1.86 bits per heavy atom. The third-order valence-corrected chi connectivity index (χ3v) is 3.28. The number of piperazine rings is 1. The second-order valence-corrected chi connectivity index (χ2v) is 4.64. The Bertz CT molecular complexity index is 542. The first-order valence-electron chi connectivity index (χ1n) is 6.72. The molecule has 2 rings (SSSR count). The Hall–Kier alpha value is -2.31. The average molecular weight is 296 g/mol. The van der Waals surface area contributed by atoms with Gasteiger partial charge < -0.3 is 19.6 Å². The molecule has 0 aromatic heterocycles. The van der Waals surface area contributed by atoms with Crippen LogP contribution in [0.3, 0.4) is 0 Å². The van der Waals surface area contributed by atoms with Crippen LogP contribution in [0.5, 0.6) is 5.75 Å². The minimum absolute atomic E-state index is 0.0858. The van der Waals surface area contributed by atoms with Gasteiger partial charge in [0.2, 0.25) is 0 Å². The molecule has 1 aliphatic heterocycles. The van der Waals surface area contributed by atoms with Crippen molar-refractivity contribution in [1.29, 1.82) is 0 Å². The van der Waals surface area contributed by atoms with Crippen molar-refractivity contribution in [3.05, 3.63) is 29.6 Å². The van der Waals surface area contributed by atoms with Crippen LogP contribution in [0.4, 0.5) is 9.18 Å². The van der Waals surface area contributed by atoms with Crippen molar-refractivity contribution in [3.63, 3.8) is 0 Å². The lowest BCUT2D eigenvalue weighted by Crippen LogP contribution is -2.50. The van der Waals surface area contributed by atoms with E-state index < -0.39 is 17.8 Å². The first-order valence-corrected chi connectivity index (χ1v) is 6.72. The summed E-state index contributed by atoms with van der Waals surface area (Å²) in [5.74, 6) is -1.43. The van der Waals surface area contributed by atoms with Gasteiger partial charge in [-0.15, -0.1) is 0 Å². The molecule has 0 aliphatic carbocycles. The molecule has 1 heterocycles. The zero-order valence-corrected chi connectivity index (χ0v) is 11.7. The van der Waals surface area contributed by atoms with Gasteiger partial charge in [0.05, 0.1) is 12.2 Å². The molecule has 0 spiro atoms. The molecule has 1 N–H and O–H groups in total. The summed E-state index contributed by atoms with van der Waals surface area (Å²) in [7, 11) is 0. The van der Waals surface area contributed by atoms with Crippen molar-refractivity contribution >= 4 is 12.0 Å². The van der Waals surface area contributed by atoms with Crippen molar-refractivity contribution < 1.29 is 23.8 Å². The van der Waals surface area contributed by atoms with Crippen LogP contribution >= 0.6 is 0 Å². The molecule has 7 heteroatoms. The molecule has 1 fully saturated rings. The molecule has 1 aromatic rings. The van der Waals surface area contributed by atoms with Gasteiger partial charge in [0.25, 0.3) is 5.91 Å². The molecule has 0 unspecified atom stereocenters. The standard InChI is InChI=1S/C14H17FN2O4/c1-2-21-14(20)17-7-5-16(6-8-17)13(19)11-4-3-10(18)9-12(11)15/h3-4,9,18H,2,5-8H2,1H3. The number of carbonyl (C=O) groups excluding carboxylic acids is 2. The van der Waals surface area contributed by atoms with Gasteiger partial charge in [-0.25, -0.2) is 9.18 Å². The number of halogens is 1. The number of amides is 2. The zero-order valence-electron chi connectivity index (χ0n) is 11.7. The number of rotatable bonds is 2. The van der Waals surface area contributed by atoms with Crippen molar-refractivity contribution in [2.45, 2.75) is 6.92 Å². The van der Waals surface area contributed by atoms with E-state index >= 15 is 0 Å². The van der Waals surface area contributed by atoms with Crippen molar-refractivity contribution in [1.82, 2.24) is 9.80 Å². The van der Waals surface area contributed by atoms with Gasteiger partial charge in [0, 0.05) is 32.2 Å². The van der Waals surface area contributed by atoms with E-state index in [4.69, 9.17) is 9.84 Å². The van der Waals surface area contributed by atoms with Gasteiger partial charge in [-0.05, 0) is 19.1 Å². The summed E-state index contributed by atoms with van der Waals surface area (Å²) in [6, 6.07) is 3.43. The monoisotopic (exact) mass is 296 g/mol. The van der Waals surface area contributed by atoms with Crippen LogP contribution in [0.25, 0.3) is 0 Å². The summed E-state index contributed by atoms with van der Waals surface area (Å²) in [5, 5.41) is 9.15. The van der Waals surface area contributed by atoms with Gasteiger partial charge >= 0.3 is 6.09 Å². The molecular weight excluding hydrogens is 279 g/mol. The summed E-state index contributed by atoms with van der Waals surface area (Å²) in [5.41, 5.74) is -0.0858. The minimum atomic E-state index is -0.757. The molecule has 1 saturated heterocycles. The highest BCUT2D eigenvalue weighted by molar-refractivity contribution is 5.94. The van der Waals surface area contributed by atoms with Crippen molar-refractivity contribution in [3.8, 4) is 5.75 Å². The third-order valence-electron chi connectivity index (χ3n) is 3.28. The van der Waals surface area contributed by atoms with Crippen LogP contribution in [0.2, 0.25) is 0 Å². The van der Waals surface area contributed by atoms with Crippen LogP contribution in [0.15, 0.2) is 18.2 Å². The van der Waals surface area contributed by atoms with Crippen LogP contribution in [0.1, 0.15) is 17.3 Å². The van der Waals surface area contributed by atoms with E-state index in [9.17, 15) is 14.0 Å². The minimum Gasteiger partial charge on any atom is -0.508 e. The van der Waals surface area contributed by atoms with E-state index in [0.29, 0.717) is 32.8 Å². The number of phenolic OH excluding ortho intramolecular Hbond substituents is 1. The molecule has 0 radical (unpaired) electrons. The zero-order chi connectivity index (χ0) is 15.4. The molecule has 0 atom stereocenters. The number of ether oxygens (including phenoxy) is 1. The lowest BCUT2D eigenvalue weighted by atomic mass is 10.1. The Balaban J connectivity index is 1.98. The fourth-order valence-electron chi connectivity index (χ4n) is 2.15. The number of aromatic hydroxyl groups is 1. The van der Waals surface area contributed by atoms with Crippen LogP contribution in [-0.4, -0.2) is 59.7 Å². The van der Waals surface area contributed by atoms with E-state index in [1.54, 1.807) is 6.92 Å². The lowest BCUT2D eigenvalue weighted by Gasteiger charge is -2.34. The van der Waals surface area contributed by atoms with Crippen LogP contribution < -0.4 is 0 Å². The highest BCUT2D eigenvalue weighted by Gasteiger charge is 2.26. The number of hydrogen-bond acceptors (Lipinski definition) is 4. The normalized spacial score (nSPS) is 15.0. The second-order valence-electron chi connectivity index (χ2n) is 4.64. The Kier molecular flexibility index (Phi) is 4.62. The number of phenols is 1. The van der Waals surface area contributed by atoms with E-state index in [1.165, 1.54) is 21.9 Å². The third kappa shape index (κ3) is 3.42. The van der Waals surface area contributed by atoms with E-state index in [0.717, 1.165) is 6.07 Å². The smallest absolute Gasteiger partial charge is 0.409 e. The molecular formula is C14H17FN2O4. The van der Waals surface area contributed by atoms with E-state index in [2.05, 4.69) is 0 Å². The maximum absolute atomic E-state index is 13.7. The molecule has 21 heavy (non-hydrogen) atoms. The van der Waals surface area contributed by atoms with Crippen molar-refractivity contribution in [2.75, 3.05) is 32.8 Å². The molecule has 0 saturated carbocycles. The summed E-state index contributed by atoms with van der Waals surface area (Å²) in [6.07, 6.45) is -0.402. The maximum Gasteiger partial charge on any atom is 0.409 e. The van der Waals surface area contributed by atoms with E-state index in [-0.39, 0.29) is 11.3 Å². The van der Waals surface area contributed by atoms with Gasteiger partial charge in [0.15, 0.2) is 0 Å². The van der Waals surface area contributed by atoms with E-state index in [1.807, 2.05) is 0 Å². The number of nitrogens with zero attached hydrogens (tertiary/aromatic N) is 2. The molecule has 114 valence electrons. The Morgan fingerprint density at radius 1 is 1.24 bits per heavy atom. The highest BCUT2D eigenvalue weighted by atomic mass is 19.1. The number of carbonyl (C=O) groups is 2. The quantitative estimate of drug-likeness (QED) is 0.896. The maximum atomic E-state index is 13.7. The Morgan fingerprint density at radius 3 is 2.43 bits per heavy atom. The topological polar surface area (TPSA) is 70.1 Å². The lowest BCUT2D eigenvalue weighted by molar-refractivity contribution is 0.0566. The molecule has 0 bridgehead atoms. The summed E-state index contributed by atoms with van der Waals surface area (Å²) < 4.78 is 18.6. The molecule has 1 aliphatic rings. The fourth-order valence-corrected chi connectivity index (χ4v) is 2.15. The van der Waals surface area contributed by atoms with Crippen molar-refractivity contribution in [2.24, 2.45) is 0 Å². The van der Waals surface area contributed by atoms with Gasteiger partial charge in [-0.1, -0.05) is 0 Å². The average Bonchev–Trinajstić information content (AvgIpc) is 2.47. The SMILES string of the molecule is CCOC(=O)N1CCN(C(=O)c2ccc(O)cc2F)CC1. The second kappa shape index (κ2) is 6.43. The molecule has 2 amide bonds. The highest BCUT2D eigenvalue weighted by Crippen LogP contribution is 2.17. The Labute approximate surface area is 121 Å². The fraction of sp³-hybridized carbons (Fsp3) is 0.429. The predicted molar refractivity (Wildman–Crippen MR) is 72.6 cm³/mol. The number of benzene rings is 1. The summed E-state index contributed by atoms with van der Waals surface area (Å²) >= 11 is 0. The number of hydrogen-bond donors (Lipinski definition) is 1. The van der Waals surface area contributed by atoms with Gasteiger partial charge in [0.1, 0.15) is 11.6 Å². The predicted octanol–water partition coefficient (Wildman–Crippen LogP) is 1.45. The summed E-state index contributed by atoms with van der Waals surface area (Å²) in [6.45, 7) is 3.37. The van der Waals surface area contributed by atoms with Crippen LogP contribution in [-0.2, 0) is 4.74 Å². The summed E-state index contributed by atoms with van der Waals surface area (Å²) in [4.78, 5) is 26.7. The molecule has 1 aromatic carbocycles.